The molecule has 2 heterocycles. The van der Waals surface area contributed by atoms with Gasteiger partial charge in [0, 0.05) is 22.8 Å². The highest BCUT2D eigenvalue weighted by molar-refractivity contribution is 6.05. The summed E-state index contributed by atoms with van der Waals surface area (Å²) in [6.45, 7) is 0.337. The molecular formula is C11H10N4O. The highest BCUT2D eigenvalue weighted by Gasteiger charge is 2.11. The van der Waals surface area contributed by atoms with Crippen molar-refractivity contribution in [1.29, 1.82) is 0 Å². The van der Waals surface area contributed by atoms with E-state index >= 15 is 0 Å². The minimum Gasteiger partial charge on any atom is -0.325 e. The smallest absolute Gasteiger partial charge is 0.276 e. The first-order valence-corrected chi connectivity index (χ1v) is 4.99. The van der Waals surface area contributed by atoms with E-state index in [2.05, 4.69) is 15.2 Å². The maximum absolute atomic E-state index is 11.7. The van der Waals surface area contributed by atoms with Crippen LogP contribution in [-0.2, 0) is 6.54 Å². The van der Waals surface area contributed by atoms with Gasteiger partial charge in [0.25, 0.3) is 5.56 Å². The second kappa shape index (κ2) is 3.18. The number of hydrogen-bond donors (Lipinski definition) is 3. The molecule has 0 saturated carbocycles. The third kappa shape index (κ3) is 1.09. The van der Waals surface area contributed by atoms with E-state index < -0.39 is 0 Å². The van der Waals surface area contributed by atoms with Crippen molar-refractivity contribution < 1.29 is 0 Å². The molecule has 0 radical (unpaired) electrons. The number of nitrogens with two attached hydrogens (primary N) is 1. The average molecular weight is 214 g/mol. The molecule has 0 bridgehead atoms. The van der Waals surface area contributed by atoms with Gasteiger partial charge in [-0.25, -0.2) is 0 Å². The Morgan fingerprint density at radius 1 is 1.31 bits per heavy atom. The minimum atomic E-state index is -0.190. The molecule has 4 N–H and O–H groups in total. The van der Waals surface area contributed by atoms with Gasteiger partial charge in [-0.3, -0.25) is 9.89 Å². The molecule has 16 heavy (non-hydrogen) atoms. The molecule has 0 aliphatic heterocycles. The third-order valence-corrected chi connectivity index (χ3v) is 2.71. The summed E-state index contributed by atoms with van der Waals surface area (Å²) in [5, 5.41) is 8.58. The van der Waals surface area contributed by atoms with Crippen molar-refractivity contribution in [2.45, 2.75) is 6.54 Å². The number of para-hydroxylation sites is 1. The molecule has 3 aromatic rings. The Hall–Kier alpha value is -2.14. The van der Waals surface area contributed by atoms with Crippen LogP contribution in [0.4, 0.5) is 0 Å². The Kier molecular flexibility index (Phi) is 1.81. The van der Waals surface area contributed by atoms with Gasteiger partial charge in [-0.15, -0.1) is 0 Å². The normalized spacial score (nSPS) is 11.3. The molecule has 5 nitrogen and oxygen atoms in total. The zero-order valence-corrected chi connectivity index (χ0v) is 8.45. The number of nitrogens with zero attached hydrogens (tertiary/aromatic N) is 1. The van der Waals surface area contributed by atoms with Gasteiger partial charge in [0.1, 0.15) is 0 Å². The molecule has 0 atom stereocenters. The van der Waals surface area contributed by atoms with Crippen molar-refractivity contribution in [1.82, 2.24) is 15.2 Å². The topological polar surface area (TPSA) is 87.6 Å². The van der Waals surface area contributed by atoms with Crippen LogP contribution < -0.4 is 11.3 Å². The van der Waals surface area contributed by atoms with E-state index in [0.717, 1.165) is 22.0 Å². The van der Waals surface area contributed by atoms with Crippen LogP contribution in [0.1, 0.15) is 5.69 Å². The van der Waals surface area contributed by atoms with Crippen molar-refractivity contribution in [3.8, 4) is 0 Å². The molecule has 0 unspecified atom stereocenters. The number of fused-ring (bicyclic) bond motifs is 3. The van der Waals surface area contributed by atoms with Gasteiger partial charge in [-0.05, 0) is 6.07 Å². The molecule has 3 rings (SSSR count). The van der Waals surface area contributed by atoms with Crippen LogP contribution in [-0.4, -0.2) is 15.2 Å². The summed E-state index contributed by atoms with van der Waals surface area (Å²) in [6, 6.07) is 7.62. The summed E-state index contributed by atoms with van der Waals surface area (Å²) in [5.41, 5.74) is 7.43. The van der Waals surface area contributed by atoms with Crippen molar-refractivity contribution in [3.63, 3.8) is 0 Å². The van der Waals surface area contributed by atoms with E-state index in [1.165, 1.54) is 0 Å². The molecule has 0 spiro atoms. The van der Waals surface area contributed by atoms with E-state index in [1.807, 2.05) is 24.3 Å². The summed E-state index contributed by atoms with van der Waals surface area (Å²) in [6.07, 6.45) is 0. The molecule has 0 fully saturated rings. The number of H-pyrrole nitrogens is 2. The standard InChI is InChI=1S/C11H10N4O/c12-5-8-9-6-3-1-2-4-7(6)13-11(16)10(9)15-14-8/h1-4H,5,12H2,(H,13,16)(H,14,15). The predicted octanol–water partition coefficient (Wildman–Crippen LogP) is 0.863. The van der Waals surface area contributed by atoms with Gasteiger partial charge in [0.05, 0.1) is 5.69 Å². The van der Waals surface area contributed by atoms with Crippen LogP contribution in [0, 0.1) is 0 Å². The summed E-state index contributed by atoms with van der Waals surface area (Å²) in [4.78, 5) is 14.5. The molecule has 0 aliphatic carbocycles. The zero-order valence-electron chi connectivity index (χ0n) is 8.45. The number of aromatic nitrogens is 3. The molecule has 5 heteroatoms. The molecule has 0 saturated heterocycles. The lowest BCUT2D eigenvalue weighted by Gasteiger charge is -1.99. The fourth-order valence-corrected chi connectivity index (χ4v) is 1.97. The largest absolute Gasteiger partial charge is 0.325 e. The van der Waals surface area contributed by atoms with E-state index in [-0.39, 0.29) is 5.56 Å². The van der Waals surface area contributed by atoms with Gasteiger partial charge in [-0.2, -0.15) is 5.10 Å². The predicted molar refractivity (Wildman–Crippen MR) is 62.1 cm³/mol. The monoisotopic (exact) mass is 214 g/mol. The Balaban J connectivity index is 2.65. The fourth-order valence-electron chi connectivity index (χ4n) is 1.97. The second-order valence-corrected chi connectivity index (χ2v) is 3.63. The second-order valence-electron chi connectivity index (χ2n) is 3.63. The maximum Gasteiger partial charge on any atom is 0.276 e. The first-order chi connectivity index (χ1) is 7.81. The highest BCUT2D eigenvalue weighted by Crippen LogP contribution is 2.22. The summed E-state index contributed by atoms with van der Waals surface area (Å²) >= 11 is 0. The van der Waals surface area contributed by atoms with E-state index in [4.69, 9.17) is 5.73 Å². The van der Waals surface area contributed by atoms with Crippen LogP contribution in [0.5, 0.6) is 0 Å². The molecule has 2 aromatic heterocycles. The summed E-state index contributed by atoms with van der Waals surface area (Å²) in [7, 11) is 0. The summed E-state index contributed by atoms with van der Waals surface area (Å²) in [5.74, 6) is 0. The fraction of sp³-hybridized carbons (Fsp3) is 0.0909. The van der Waals surface area contributed by atoms with Crippen LogP contribution in [0.15, 0.2) is 29.1 Å². The van der Waals surface area contributed by atoms with Crippen molar-refractivity contribution in [2.24, 2.45) is 5.73 Å². The number of aromatic amines is 2. The SMILES string of the molecule is NCc1[nH]nc2c(=O)[nH]c3ccccc3c12. The van der Waals surface area contributed by atoms with E-state index in [9.17, 15) is 4.79 Å². The van der Waals surface area contributed by atoms with Gasteiger partial charge < -0.3 is 10.7 Å². The lowest BCUT2D eigenvalue weighted by molar-refractivity contribution is 0.958. The number of rotatable bonds is 1. The highest BCUT2D eigenvalue weighted by atomic mass is 16.1. The lowest BCUT2D eigenvalue weighted by Crippen LogP contribution is -2.06. The molecule has 1 aromatic carbocycles. The van der Waals surface area contributed by atoms with Crippen LogP contribution in [0.25, 0.3) is 21.8 Å². The van der Waals surface area contributed by atoms with Gasteiger partial charge in [0.2, 0.25) is 0 Å². The summed E-state index contributed by atoms with van der Waals surface area (Å²) < 4.78 is 0. The third-order valence-electron chi connectivity index (χ3n) is 2.71. The first kappa shape index (κ1) is 9.11. The van der Waals surface area contributed by atoms with E-state index in [0.29, 0.717) is 12.1 Å². The number of benzene rings is 1. The van der Waals surface area contributed by atoms with Crippen molar-refractivity contribution in [2.75, 3.05) is 0 Å². The Morgan fingerprint density at radius 3 is 2.94 bits per heavy atom. The van der Waals surface area contributed by atoms with E-state index in [1.54, 1.807) is 0 Å². The quantitative estimate of drug-likeness (QED) is 0.561. The van der Waals surface area contributed by atoms with Crippen LogP contribution >= 0.6 is 0 Å². The Labute approximate surface area is 90.3 Å². The number of nitrogens with one attached hydrogen (secondary N) is 2. The van der Waals surface area contributed by atoms with Gasteiger partial charge in [0.15, 0.2) is 5.52 Å². The van der Waals surface area contributed by atoms with Crippen LogP contribution in [0.3, 0.4) is 0 Å². The molecular weight excluding hydrogens is 204 g/mol. The van der Waals surface area contributed by atoms with Gasteiger partial charge >= 0.3 is 0 Å². The minimum absolute atomic E-state index is 0.190. The van der Waals surface area contributed by atoms with Gasteiger partial charge in [-0.1, -0.05) is 18.2 Å². The maximum atomic E-state index is 11.7. The Morgan fingerprint density at radius 2 is 2.12 bits per heavy atom. The number of hydrogen-bond acceptors (Lipinski definition) is 3. The van der Waals surface area contributed by atoms with Crippen LogP contribution in [0.2, 0.25) is 0 Å². The first-order valence-electron chi connectivity index (χ1n) is 4.99. The lowest BCUT2D eigenvalue weighted by atomic mass is 10.1. The molecule has 0 amide bonds. The Bertz CT molecular complexity index is 726. The molecule has 0 aliphatic rings. The average Bonchev–Trinajstić information content (AvgIpc) is 2.74. The number of pyridine rings is 1. The molecule has 80 valence electrons. The van der Waals surface area contributed by atoms with Crippen molar-refractivity contribution in [3.05, 3.63) is 40.3 Å². The zero-order chi connectivity index (χ0) is 11.1. The van der Waals surface area contributed by atoms with Crippen molar-refractivity contribution >= 4 is 21.8 Å².